The van der Waals surface area contributed by atoms with Crippen LogP contribution in [-0.4, -0.2) is 42.1 Å². The Morgan fingerprint density at radius 1 is 1.14 bits per heavy atom. The van der Waals surface area contributed by atoms with Crippen molar-refractivity contribution in [3.63, 3.8) is 0 Å². The fourth-order valence-electron chi connectivity index (χ4n) is 2.72. The van der Waals surface area contributed by atoms with Crippen LogP contribution >= 0.6 is 0 Å². The standard InChI is InChI=1S/C21H25N3O5/c1-3-28-20(26)16(21(27)29-4-2)9-7-11-23-18(19(22)25)12-14-13-24-17-10-6-5-8-15(14)17/h5-11,13,18,23-24H,3-4,12H2,1-2H3,(H2,22,25)/b11-7+. The van der Waals surface area contributed by atoms with Crippen molar-refractivity contribution in [3.8, 4) is 0 Å². The molecule has 1 aromatic carbocycles. The van der Waals surface area contributed by atoms with Gasteiger partial charge >= 0.3 is 11.9 Å². The van der Waals surface area contributed by atoms with Crippen LogP contribution in [0.25, 0.3) is 10.9 Å². The van der Waals surface area contributed by atoms with Crippen molar-refractivity contribution in [2.75, 3.05) is 13.2 Å². The fourth-order valence-corrected chi connectivity index (χ4v) is 2.72. The van der Waals surface area contributed by atoms with Gasteiger partial charge in [0.2, 0.25) is 5.91 Å². The molecule has 2 aromatic rings. The lowest BCUT2D eigenvalue weighted by molar-refractivity contribution is -0.146. The molecular formula is C21H25N3O5. The van der Waals surface area contributed by atoms with Gasteiger partial charge in [-0.15, -0.1) is 0 Å². The lowest BCUT2D eigenvalue weighted by atomic mass is 10.0. The van der Waals surface area contributed by atoms with Gasteiger partial charge in [-0.2, -0.15) is 0 Å². The Labute approximate surface area is 168 Å². The summed E-state index contributed by atoms with van der Waals surface area (Å²) in [5.41, 5.74) is 7.18. The third-order valence-corrected chi connectivity index (χ3v) is 4.09. The van der Waals surface area contributed by atoms with Crippen LogP contribution in [0.5, 0.6) is 0 Å². The molecule has 0 radical (unpaired) electrons. The van der Waals surface area contributed by atoms with Gasteiger partial charge in [-0.3, -0.25) is 4.79 Å². The largest absolute Gasteiger partial charge is 0.462 e. The molecule has 0 saturated carbocycles. The summed E-state index contributed by atoms with van der Waals surface area (Å²) in [4.78, 5) is 38.8. The molecule has 8 heteroatoms. The van der Waals surface area contributed by atoms with E-state index in [1.807, 2.05) is 30.5 Å². The minimum Gasteiger partial charge on any atom is -0.462 e. The van der Waals surface area contributed by atoms with Crippen molar-refractivity contribution in [3.05, 3.63) is 60.0 Å². The van der Waals surface area contributed by atoms with E-state index in [2.05, 4.69) is 10.3 Å². The maximum Gasteiger partial charge on any atom is 0.345 e. The van der Waals surface area contributed by atoms with Crippen molar-refractivity contribution >= 4 is 28.7 Å². The number of hydrogen-bond acceptors (Lipinski definition) is 6. The molecular weight excluding hydrogens is 374 g/mol. The number of para-hydroxylation sites is 1. The van der Waals surface area contributed by atoms with Gasteiger partial charge in [0.1, 0.15) is 11.6 Å². The highest BCUT2D eigenvalue weighted by Gasteiger charge is 2.20. The number of carbonyl (C=O) groups is 3. The molecule has 1 unspecified atom stereocenters. The summed E-state index contributed by atoms with van der Waals surface area (Å²) in [6.45, 7) is 3.54. The van der Waals surface area contributed by atoms with Crippen LogP contribution in [0.2, 0.25) is 0 Å². The molecule has 2 rings (SSSR count). The Balaban J connectivity index is 2.10. The van der Waals surface area contributed by atoms with Crippen LogP contribution in [0, 0.1) is 0 Å². The van der Waals surface area contributed by atoms with Crippen molar-refractivity contribution < 1.29 is 23.9 Å². The highest BCUT2D eigenvalue weighted by Crippen LogP contribution is 2.19. The van der Waals surface area contributed by atoms with Crippen LogP contribution < -0.4 is 11.1 Å². The molecule has 1 atom stereocenters. The van der Waals surface area contributed by atoms with E-state index in [1.54, 1.807) is 13.8 Å². The number of carbonyl (C=O) groups excluding carboxylic acids is 3. The van der Waals surface area contributed by atoms with Gasteiger partial charge in [0.15, 0.2) is 0 Å². The van der Waals surface area contributed by atoms with E-state index in [0.29, 0.717) is 6.42 Å². The van der Waals surface area contributed by atoms with E-state index in [4.69, 9.17) is 15.2 Å². The molecule has 0 spiro atoms. The maximum absolute atomic E-state index is 11.9. The second-order valence-electron chi connectivity index (χ2n) is 6.07. The number of nitrogens with one attached hydrogen (secondary N) is 2. The van der Waals surface area contributed by atoms with Gasteiger partial charge in [-0.25, -0.2) is 9.59 Å². The lowest BCUT2D eigenvalue weighted by Gasteiger charge is -2.13. The summed E-state index contributed by atoms with van der Waals surface area (Å²) in [5, 5.41) is 3.91. The zero-order valence-electron chi connectivity index (χ0n) is 16.4. The maximum atomic E-state index is 11.9. The number of primary amides is 1. The molecule has 0 fully saturated rings. The molecule has 154 valence electrons. The Morgan fingerprint density at radius 3 is 2.41 bits per heavy atom. The summed E-state index contributed by atoms with van der Waals surface area (Å²) in [5.74, 6) is -2.08. The fraction of sp³-hybridized carbons (Fsp3) is 0.286. The molecule has 0 aliphatic heterocycles. The highest BCUT2D eigenvalue weighted by molar-refractivity contribution is 6.14. The van der Waals surface area contributed by atoms with Crippen molar-refractivity contribution in [2.24, 2.45) is 5.73 Å². The minimum absolute atomic E-state index is 0.131. The first kappa shape index (κ1) is 21.7. The van der Waals surface area contributed by atoms with E-state index in [1.165, 1.54) is 18.4 Å². The number of esters is 2. The zero-order chi connectivity index (χ0) is 21.2. The van der Waals surface area contributed by atoms with E-state index in [-0.39, 0.29) is 18.8 Å². The Hall–Kier alpha value is -3.55. The van der Waals surface area contributed by atoms with Gasteiger partial charge in [-0.1, -0.05) is 18.2 Å². The number of hydrogen-bond donors (Lipinski definition) is 3. The number of aromatic amines is 1. The van der Waals surface area contributed by atoms with E-state index >= 15 is 0 Å². The molecule has 1 heterocycles. The predicted octanol–water partition coefficient (Wildman–Crippen LogP) is 1.72. The van der Waals surface area contributed by atoms with Crippen LogP contribution in [0.3, 0.4) is 0 Å². The number of rotatable bonds is 10. The average molecular weight is 399 g/mol. The monoisotopic (exact) mass is 399 g/mol. The van der Waals surface area contributed by atoms with E-state index < -0.39 is 23.9 Å². The van der Waals surface area contributed by atoms with Crippen LogP contribution in [-0.2, 0) is 30.3 Å². The number of allylic oxidation sites excluding steroid dienone is 2. The number of ether oxygens (including phenoxy) is 2. The number of aromatic nitrogens is 1. The zero-order valence-corrected chi connectivity index (χ0v) is 16.4. The summed E-state index contributed by atoms with van der Waals surface area (Å²) in [7, 11) is 0. The van der Waals surface area contributed by atoms with Gasteiger partial charge in [0, 0.05) is 23.5 Å². The second-order valence-corrected chi connectivity index (χ2v) is 6.07. The minimum atomic E-state index is -0.777. The molecule has 1 aromatic heterocycles. The van der Waals surface area contributed by atoms with Crippen molar-refractivity contribution in [1.82, 2.24) is 10.3 Å². The molecule has 1 amide bonds. The first-order valence-electron chi connectivity index (χ1n) is 9.29. The van der Waals surface area contributed by atoms with Crippen LogP contribution in [0.1, 0.15) is 19.4 Å². The first-order valence-corrected chi connectivity index (χ1v) is 9.29. The molecule has 0 aliphatic carbocycles. The van der Waals surface area contributed by atoms with Gasteiger partial charge in [0.25, 0.3) is 0 Å². The summed E-state index contributed by atoms with van der Waals surface area (Å²) >= 11 is 0. The Bertz CT molecular complexity index is 909. The number of fused-ring (bicyclic) bond motifs is 1. The quantitative estimate of drug-likeness (QED) is 0.184. The van der Waals surface area contributed by atoms with E-state index in [9.17, 15) is 14.4 Å². The normalized spacial score (nSPS) is 11.8. The second kappa shape index (κ2) is 10.7. The number of H-pyrrole nitrogens is 1. The SMILES string of the molecule is CCOC(=O)C(=C/C=C/NC(Cc1c[nH]c2ccccc12)C(N)=O)C(=O)OCC. The number of nitrogens with two attached hydrogens (primary N) is 1. The summed E-state index contributed by atoms with van der Waals surface area (Å²) < 4.78 is 9.72. The summed E-state index contributed by atoms with van der Waals surface area (Å²) in [6.07, 6.45) is 6.35. The van der Waals surface area contributed by atoms with Gasteiger partial charge < -0.3 is 25.5 Å². The number of amides is 1. The van der Waals surface area contributed by atoms with E-state index in [0.717, 1.165) is 16.5 Å². The third kappa shape index (κ3) is 5.97. The number of benzene rings is 1. The Kier molecular flexibility index (Phi) is 8.02. The summed E-state index contributed by atoms with van der Waals surface area (Å²) in [6, 6.07) is 7.08. The predicted molar refractivity (Wildman–Crippen MR) is 109 cm³/mol. The lowest BCUT2D eigenvalue weighted by Crippen LogP contribution is -2.40. The average Bonchev–Trinajstić information content (AvgIpc) is 3.10. The highest BCUT2D eigenvalue weighted by atomic mass is 16.6. The molecule has 29 heavy (non-hydrogen) atoms. The van der Waals surface area contributed by atoms with Crippen LogP contribution in [0.15, 0.2) is 54.4 Å². The Morgan fingerprint density at radius 2 is 1.79 bits per heavy atom. The first-order chi connectivity index (χ1) is 14.0. The van der Waals surface area contributed by atoms with Gasteiger partial charge in [-0.05, 0) is 43.8 Å². The molecule has 0 saturated heterocycles. The smallest absolute Gasteiger partial charge is 0.345 e. The molecule has 0 aliphatic rings. The molecule has 4 N–H and O–H groups in total. The third-order valence-electron chi connectivity index (χ3n) is 4.09. The van der Waals surface area contributed by atoms with Gasteiger partial charge in [0.05, 0.1) is 13.2 Å². The molecule has 8 nitrogen and oxygen atoms in total. The van der Waals surface area contributed by atoms with Crippen molar-refractivity contribution in [2.45, 2.75) is 26.3 Å². The van der Waals surface area contributed by atoms with Crippen LogP contribution in [0.4, 0.5) is 0 Å². The topological polar surface area (TPSA) is 124 Å². The molecule has 0 bridgehead atoms. The van der Waals surface area contributed by atoms with Crippen molar-refractivity contribution in [1.29, 1.82) is 0 Å².